The van der Waals surface area contributed by atoms with Gasteiger partial charge in [0.2, 0.25) is 0 Å². The summed E-state index contributed by atoms with van der Waals surface area (Å²) >= 11 is 0. The van der Waals surface area contributed by atoms with E-state index in [1.54, 1.807) is 0 Å². The fraction of sp³-hybridized carbons (Fsp3) is 0.0641. The van der Waals surface area contributed by atoms with Crippen LogP contribution in [0.1, 0.15) is 79.1 Å². The molecule has 0 spiro atoms. The Kier molecular flexibility index (Phi) is 11.3. The van der Waals surface area contributed by atoms with Gasteiger partial charge in [-0.15, -0.1) is 0 Å². The van der Waals surface area contributed by atoms with Crippen LogP contribution >= 0.6 is 0 Å². The Morgan fingerprint density at radius 1 is 0.366 bits per heavy atom. The number of fused-ring (bicyclic) bond motifs is 9. The predicted molar refractivity (Wildman–Crippen MR) is 338 cm³/mol. The molecule has 4 aliphatic rings. The summed E-state index contributed by atoms with van der Waals surface area (Å²) in [6.07, 6.45) is 3.85. The molecule has 2 atom stereocenters. The molecule has 3 N–H and O–H groups in total. The lowest BCUT2D eigenvalue weighted by molar-refractivity contribution is 0.409. The third-order valence-electron chi connectivity index (χ3n) is 17.9. The van der Waals surface area contributed by atoms with E-state index in [-0.39, 0.29) is 12.3 Å². The second kappa shape index (κ2) is 19.3. The summed E-state index contributed by atoms with van der Waals surface area (Å²) in [6.45, 7) is 0.825. The summed E-state index contributed by atoms with van der Waals surface area (Å²) in [5.74, 6) is 0.845. The van der Waals surface area contributed by atoms with E-state index in [1.165, 1.54) is 99.9 Å². The van der Waals surface area contributed by atoms with Gasteiger partial charge in [-0.05, 0) is 129 Å². The maximum Gasteiger partial charge on any atom is 0.131 e. The van der Waals surface area contributed by atoms with E-state index in [0.717, 1.165) is 40.2 Å². The molecule has 0 saturated carbocycles. The lowest BCUT2D eigenvalue weighted by Crippen LogP contribution is -2.44. The molecule has 0 aromatic heterocycles. The standard InChI is InChI=1S/C78H56N4/c1-5-19-60(20-6-1)77(61-21-7-2-8-22-61)69-29-15-13-27-65(69)67-49-56(42-45-71(67)77)51-31-36-54(37-32-51)74-80-75(82-76(81-74)59-41-44-64-58(48-59)40-35-53-18-17-47-79-73(53)64)55-38-33-52(34-39-55)57-43-46-72-68(50-57)66-28-14-16-30-70(66)78(72,62-23-9-3-10-24-62)63-25-11-4-12-26-63/h1-46,48-50,74,76,79,81H,47H2,(H,80,82). The Morgan fingerprint density at radius 3 is 1.35 bits per heavy atom. The normalized spacial score (nSPS) is 16.6. The van der Waals surface area contributed by atoms with Crippen LogP contribution in [0.5, 0.6) is 0 Å². The zero-order valence-corrected chi connectivity index (χ0v) is 45.1. The van der Waals surface area contributed by atoms with Crippen molar-refractivity contribution in [1.82, 2.24) is 10.6 Å². The van der Waals surface area contributed by atoms with Crippen molar-refractivity contribution in [3.8, 4) is 44.5 Å². The second-order valence-corrected chi connectivity index (χ2v) is 22.2. The predicted octanol–water partition coefficient (Wildman–Crippen LogP) is 17.7. The highest BCUT2D eigenvalue weighted by atomic mass is 15.3. The molecule has 0 radical (unpaired) electrons. The third kappa shape index (κ3) is 7.45. The fourth-order valence-corrected chi connectivity index (χ4v) is 14.2. The van der Waals surface area contributed by atoms with Crippen LogP contribution in [0.25, 0.3) is 61.4 Å². The summed E-state index contributed by atoms with van der Waals surface area (Å²) in [5, 5.41) is 13.8. The van der Waals surface area contributed by atoms with E-state index in [0.29, 0.717) is 0 Å². The number of amidine groups is 1. The minimum Gasteiger partial charge on any atom is -0.381 e. The minimum atomic E-state index is -0.435. The summed E-state index contributed by atoms with van der Waals surface area (Å²) in [7, 11) is 0. The van der Waals surface area contributed by atoms with E-state index in [9.17, 15) is 0 Å². The lowest BCUT2D eigenvalue weighted by Gasteiger charge is -2.34. The van der Waals surface area contributed by atoms with Crippen LogP contribution < -0.4 is 16.0 Å². The highest BCUT2D eigenvalue weighted by Gasteiger charge is 2.47. The molecule has 2 aliphatic carbocycles. The molecule has 4 nitrogen and oxygen atoms in total. The molecule has 0 amide bonds. The van der Waals surface area contributed by atoms with Gasteiger partial charge in [-0.25, -0.2) is 4.99 Å². The van der Waals surface area contributed by atoms with Gasteiger partial charge < -0.3 is 10.6 Å². The molecular weight excluding hydrogens is 993 g/mol. The van der Waals surface area contributed by atoms with Crippen LogP contribution in [0.4, 0.5) is 5.69 Å². The Morgan fingerprint density at radius 2 is 0.817 bits per heavy atom. The molecule has 2 unspecified atom stereocenters. The van der Waals surface area contributed by atoms with Gasteiger partial charge in [-0.3, -0.25) is 5.32 Å². The first kappa shape index (κ1) is 47.8. The van der Waals surface area contributed by atoms with Crippen LogP contribution in [-0.4, -0.2) is 12.4 Å². The number of rotatable bonds is 9. The van der Waals surface area contributed by atoms with Gasteiger partial charge in [0, 0.05) is 23.2 Å². The van der Waals surface area contributed by atoms with Gasteiger partial charge in [-0.1, -0.05) is 279 Å². The molecule has 2 heterocycles. The van der Waals surface area contributed by atoms with Gasteiger partial charge in [0.1, 0.15) is 18.2 Å². The van der Waals surface area contributed by atoms with Crippen molar-refractivity contribution in [2.24, 2.45) is 4.99 Å². The van der Waals surface area contributed by atoms with Gasteiger partial charge in [0.25, 0.3) is 0 Å². The topological polar surface area (TPSA) is 48.5 Å². The summed E-state index contributed by atoms with van der Waals surface area (Å²) in [5.41, 5.74) is 24.9. The van der Waals surface area contributed by atoms with E-state index in [2.05, 4.69) is 313 Å². The molecule has 2 aliphatic heterocycles. The van der Waals surface area contributed by atoms with E-state index >= 15 is 0 Å². The van der Waals surface area contributed by atoms with Crippen molar-refractivity contribution in [2.75, 3.05) is 11.9 Å². The summed E-state index contributed by atoms with van der Waals surface area (Å²) in [4.78, 5) is 5.49. The first-order chi connectivity index (χ1) is 40.6. The number of nitrogens with one attached hydrogen (secondary N) is 3. The van der Waals surface area contributed by atoms with E-state index in [4.69, 9.17) is 4.99 Å². The number of hydrogen-bond acceptors (Lipinski definition) is 4. The van der Waals surface area contributed by atoms with Gasteiger partial charge in [0.05, 0.1) is 10.8 Å². The zero-order chi connectivity index (χ0) is 54.2. The first-order valence-electron chi connectivity index (χ1n) is 28.6. The first-order valence-corrected chi connectivity index (χ1v) is 28.6. The number of aliphatic imine (C=N–C) groups is 1. The van der Waals surface area contributed by atoms with Crippen molar-refractivity contribution in [3.63, 3.8) is 0 Å². The van der Waals surface area contributed by atoms with Crippen LogP contribution in [0.15, 0.2) is 296 Å². The minimum absolute atomic E-state index is 0.220. The van der Waals surface area contributed by atoms with Crippen molar-refractivity contribution in [2.45, 2.75) is 23.2 Å². The largest absolute Gasteiger partial charge is 0.381 e. The second-order valence-electron chi connectivity index (χ2n) is 22.2. The van der Waals surface area contributed by atoms with Gasteiger partial charge in [0.15, 0.2) is 0 Å². The number of nitrogens with zero attached hydrogens (tertiary/aromatic N) is 1. The highest BCUT2D eigenvalue weighted by Crippen LogP contribution is 2.58. The molecule has 4 heteroatoms. The number of anilines is 1. The fourth-order valence-electron chi connectivity index (χ4n) is 14.2. The molecule has 12 aromatic carbocycles. The van der Waals surface area contributed by atoms with Crippen LogP contribution in [0.2, 0.25) is 0 Å². The van der Waals surface area contributed by atoms with Crippen molar-refractivity contribution < 1.29 is 0 Å². The molecular formula is C78H56N4. The number of hydrogen-bond donors (Lipinski definition) is 3. The summed E-state index contributed by atoms with van der Waals surface area (Å²) in [6, 6.07) is 105. The molecule has 388 valence electrons. The monoisotopic (exact) mass is 1050 g/mol. The van der Waals surface area contributed by atoms with Crippen molar-refractivity contribution in [3.05, 3.63) is 358 Å². The van der Waals surface area contributed by atoms with Crippen molar-refractivity contribution in [1.29, 1.82) is 0 Å². The Balaban J connectivity index is 0.756. The Bertz CT molecular complexity index is 4410. The molecule has 82 heavy (non-hydrogen) atoms. The van der Waals surface area contributed by atoms with Gasteiger partial charge in [-0.2, -0.15) is 0 Å². The molecule has 0 fully saturated rings. The summed E-state index contributed by atoms with van der Waals surface area (Å²) < 4.78 is 0. The SMILES string of the molecule is C1=Cc2ccc3cc(C4NC(c5ccc(-c6ccc7c(c6)-c6ccccc6C7(c6ccccc6)c6ccccc6)cc5)=NC(c5ccc(-c6ccc7c(c6)-c6ccccc6C7(c6ccccc6)c6ccccc6)cc5)N4)ccc3c2NC1. The smallest absolute Gasteiger partial charge is 0.131 e. The van der Waals surface area contributed by atoms with E-state index in [1.807, 2.05) is 0 Å². The van der Waals surface area contributed by atoms with Gasteiger partial charge >= 0.3 is 0 Å². The Hall–Kier alpha value is -10.1. The average Bonchev–Trinajstić information content (AvgIpc) is 2.85. The van der Waals surface area contributed by atoms with E-state index < -0.39 is 10.8 Å². The maximum atomic E-state index is 5.49. The molecule has 12 aromatic rings. The van der Waals surface area contributed by atoms with Crippen LogP contribution in [0.3, 0.4) is 0 Å². The highest BCUT2D eigenvalue weighted by molar-refractivity contribution is 6.01. The quantitative estimate of drug-likeness (QED) is 0.135. The lowest BCUT2D eigenvalue weighted by atomic mass is 9.67. The van der Waals surface area contributed by atoms with Crippen molar-refractivity contribution >= 4 is 28.4 Å². The number of benzene rings is 12. The average molecular weight is 1050 g/mol. The molecule has 0 bridgehead atoms. The third-order valence-corrected chi connectivity index (χ3v) is 17.9. The Labute approximate surface area is 478 Å². The maximum absolute atomic E-state index is 5.49. The molecule has 16 rings (SSSR count). The molecule has 0 saturated heterocycles. The zero-order valence-electron chi connectivity index (χ0n) is 45.1. The van der Waals surface area contributed by atoms with Crippen LogP contribution in [-0.2, 0) is 10.8 Å². The van der Waals surface area contributed by atoms with Crippen LogP contribution in [0, 0.1) is 0 Å².